The lowest BCUT2D eigenvalue weighted by Gasteiger charge is -2.23. The highest BCUT2D eigenvalue weighted by Gasteiger charge is 2.21. The summed E-state index contributed by atoms with van der Waals surface area (Å²) < 4.78 is 0. The van der Waals surface area contributed by atoms with Crippen molar-refractivity contribution >= 4 is 5.91 Å². The number of aliphatic hydroxyl groups is 1. The average Bonchev–Trinajstić information content (AvgIpc) is 2.38. The molecule has 0 spiro atoms. The van der Waals surface area contributed by atoms with Gasteiger partial charge in [0.1, 0.15) is 6.04 Å². The van der Waals surface area contributed by atoms with E-state index in [4.69, 9.17) is 10.8 Å². The molecule has 1 aromatic carbocycles. The fourth-order valence-corrected chi connectivity index (χ4v) is 1.68. The van der Waals surface area contributed by atoms with Crippen molar-refractivity contribution in [1.29, 1.82) is 0 Å². The fourth-order valence-electron chi connectivity index (χ4n) is 1.68. The van der Waals surface area contributed by atoms with E-state index in [1.807, 2.05) is 31.2 Å². The zero-order valence-corrected chi connectivity index (χ0v) is 10.7. The summed E-state index contributed by atoms with van der Waals surface area (Å²) in [6.45, 7) is 6.14. The minimum absolute atomic E-state index is 0.0831. The first-order valence-electron chi connectivity index (χ1n) is 5.92. The molecule has 0 saturated heterocycles. The third kappa shape index (κ3) is 3.68. The van der Waals surface area contributed by atoms with Crippen LogP contribution in [0.5, 0.6) is 0 Å². The Labute approximate surface area is 108 Å². The standard InChI is InChI=1S/C14H20N2O2/c1-3-8-16(9-10-17)14(18)13(15)12-6-4-11(2)5-7-12/h3-7,13,17H,1,8-10,15H2,2H3. The number of rotatable bonds is 6. The van der Waals surface area contributed by atoms with Crippen LogP contribution in [-0.4, -0.2) is 35.6 Å². The van der Waals surface area contributed by atoms with Gasteiger partial charge in [0.2, 0.25) is 5.91 Å². The molecule has 0 saturated carbocycles. The normalized spacial score (nSPS) is 11.9. The van der Waals surface area contributed by atoms with Crippen LogP contribution >= 0.6 is 0 Å². The maximum absolute atomic E-state index is 12.2. The van der Waals surface area contributed by atoms with E-state index in [-0.39, 0.29) is 19.1 Å². The summed E-state index contributed by atoms with van der Waals surface area (Å²) in [5.41, 5.74) is 7.84. The zero-order valence-electron chi connectivity index (χ0n) is 10.7. The number of carbonyl (C=O) groups is 1. The number of nitrogens with two attached hydrogens (primary N) is 1. The van der Waals surface area contributed by atoms with Gasteiger partial charge < -0.3 is 15.7 Å². The van der Waals surface area contributed by atoms with Crippen LogP contribution in [-0.2, 0) is 4.79 Å². The molecule has 4 nitrogen and oxygen atoms in total. The molecule has 0 aliphatic heterocycles. The number of aryl methyl sites for hydroxylation is 1. The van der Waals surface area contributed by atoms with Crippen molar-refractivity contribution in [3.8, 4) is 0 Å². The van der Waals surface area contributed by atoms with E-state index < -0.39 is 6.04 Å². The largest absolute Gasteiger partial charge is 0.395 e. The van der Waals surface area contributed by atoms with E-state index in [1.54, 1.807) is 6.08 Å². The first-order valence-corrected chi connectivity index (χ1v) is 5.92. The van der Waals surface area contributed by atoms with Crippen LogP contribution < -0.4 is 5.73 Å². The van der Waals surface area contributed by atoms with Gasteiger partial charge in [-0.1, -0.05) is 35.9 Å². The number of aliphatic hydroxyl groups excluding tert-OH is 1. The molecule has 0 aliphatic rings. The lowest BCUT2D eigenvalue weighted by Crippen LogP contribution is -2.40. The predicted molar refractivity (Wildman–Crippen MR) is 72.0 cm³/mol. The first kappa shape index (κ1) is 14.4. The first-order chi connectivity index (χ1) is 8.60. The molecule has 0 aliphatic carbocycles. The summed E-state index contributed by atoms with van der Waals surface area (Å²) >= 11 is 0. The number of hydrogen-bond acceptors (Lipinski definition) is 3. The molecule has 1 aromatic rings. The van der Waals surface area contributed by atoms with Crippen molar-refractivity contribution in [1.82, 2.24) is 4.90 Å². The maximum Gasteiger partial charge on any atom is 0.244 e. The minimum atomic E-state index is -0.697. The quantitative estimate of drug-likeness (QED) is 0.738. The second-order valence-electron chi connectivity index (χ2n) is 4.18. The zero-order chi connectivity index (χ0) is 13.5. The van der Waals surface area contributed by atoms with Gasteiger partial charge in [-0.25, -0.2) is 0 Å². The van der Waals surface area contributed by atoms with E-state index in [1.165, 1.54) is 4.90 Å². The molecule has 18 heavy (non-hydrogen) atoms. The van der Waals surface area contributed by atoms with Gasteiger partial charge in [0.25, 0.3) is 0 Å². The average molecular weight is 248 g/mol. The van der Waals surface area contributed by atoms with E-state index in [9.17, 15) is 4.79 Å². The van der Waals surface area contributed by atoms with E-state index in [0.29, 0.717) is 6.54 Å². The van der Waals surface area contributed by atoms with Crippen molar-refractivity contribution in [2.24, 2.45) is 5.73 Å². The molecule has 0 heterocycles. The van der Waals surface area contributed by atoms with Crippen molar-refractivity contribution in [2.45, 2.75) is 13.0 Å². The van der Waals surface area contributed by atoms with Crippen LogP contribution in [0.15, 0.2) is 36.9 Å². The van der Waals surface area contributed by atoms with Gasteiger partial charge in [-0.2, -0.15) is 0 Å². The highest BCUT2D eigenvalue weighted by Crippen LogP contribution is 2.14. The second-order valence-corrected chi connectivity index (χ2v) is 4.18. The summed E-state index contributed by atoms with van der Waals surface area (Å²) in [5.74, 6) is -0.201. The van der Waals surface area contributed by atoms with Gasteiger partial charge in [-0.05, 0) is 12.5 Å². The smallest absolute Gasteiger partial charge is 0.244 e. The molecule has 98 valence electrons. The molecular weight excluding hydrogens is 228 g/mol. The van der Waals surface area contributed by atoms with E-state index in [2.05, 4.69) is 6.58 Å². The highest BCUT2D eigenvalue weighted by atomic mass is 16.3. The monoisotopic (exact) mass is 248 g/mol. The summed E-state index contributed by atoms with van der Waals surface area (Å²) in [7, 11) is 0. The Bertz CT molecular complexity index is 401. The molecule has 1 rings (SSSR count). The topological polar surface area (TPSA) is 66.6 Å². The highest BCUT2D eigenvalue weighted by molar-refractivity contribution is 5.83. The number of nitrogens with zero attached hydrogens (tertiary/aromatic N) is 1. The Kier molecular flexibility index (Phi) is 5.55. The predicted octanol–water partition coefficient (Wildman–Crippen LogP) is 1.00. The Morgan fingerprint density at radius 1 is 1.50 bits per heavy atom. The number of benzene rings is 1. The van der Waals surface area contributed by atoms with Crippen molar-refractivity contribution < 1.29 is 9.90 Å². The summed E-state index contributed by atoms with van der Waals surface area (Å²) in [4.78, 5) is 13.6. The van der Waals surface area contributed by atoms with Crippen LogP contribution in [0.4, 0.5) is 0 Å². The maximum atomic E-state index is 12.2. The molecule has 0 radical (unpaired) electrons. The van der Waals surface area contributed by atoms with E-state index in [0.717, 1.165) is 11.1 Å². The summed E-state index contributed by atoms with van der Waals surface area (Å²) in [6.07, 6.45) is 1.62. The van der Waals surface area contributed by atoms with Crippen LogP contribution in [0.2, 0.25) is 0 Å². The third-order valence-electron chi connectivity index (χ3n) is 2.73. The van der Waals surface area contributed by atoms with Gasteiger partial charge in [-0.15, -0.1) is 6.58 Å². The molecule has 0 bridgehead atoms. The SMILES string of the molecule is C=CCN(CCO)C(=O)C(N)c1ccc(C)cc1. The lowest BCUT2D eigenvalue weighted by atomic mass is 10.0. The molecule has 4 heteroatoms. The minimum Gasteiger partial charge on any atom is -0.395 e. The van der Waals surface area contributed by atoms with Gasteiger partial charge in [-0.3, -0.25) is 4.79 Å². The van der Waals surface area contributed by atoms with Gasteiger partial charge >= 0.3 is 0 Å². The Morgan fingerprint density at radius 2 is 2.11 bits per heavy atom. The molecular formula is C14H20N2O2. The number of carbonyl (C=O) groups excluding carboxylic acids is 1. The molecule has 1 unspecified atom stereocenters. The Hall–Kier alpha value is -1.65. The molecule has 0 aromatic heterocycles. The molecule has 1 amide bonds. The number of hydrogen-bond donors (Lipinski definition) is 2. The molecule has 1 atom stereocenters. The van der Waals surface area contributed by atoms with Gasteiger partial charge in [0.15, 0.2) is 0 Å². The summed E-state index contributed by atoms with van der Waals surface area (Å²) in [6, 6.07) is 6.85. The lowest BCUT2D eigenvalue weighted by molar-refractivity contribution is -0.132. The Balaban J connectivity index is 2.80. The number of amides is 1. The molecule has 3 N–H and O–H groups in total. The Morgan fingerprint density at radius 3 is 2.61 bits per heavy atom. The summed E-state index contributed by atoms with van der Waals surface area (Å²) in [5, 5.41) is 8.93. The van der Waals surface area contributed by atoms with E-state index >= 15 is 0 Å². The van der Waals surface area contributed by atoms with Crippen molar-refractivity contribution in [3.05, 3.63) is 48.0 Å². The van der Waals surface area contributed by atoms with Crippen LogP contribution in [0, 0.1) is 6.92 Å². The van der Waals surface area contributed by atoms with Crippen molar-refractivity contribution in [3.63, 3.8) is 0 Å². The van der Waals surface area contributed by atoms with Crippen LogP contribution in [0.1, 0.15) is 17.2 Å². The van der Waals surface area contributed by atoms with Gasteiger partial charge in [0, 0.05) is 13.1 Å². The molecule has 0 fully saturated rings. The van der Waals surface area contributed by atoms with Crippen LogP contribution in [0.3, 0.4) is 0 Å². The van der Waals surface area contributed by atoms with Crippen LogP contribution in [0.25, 0.3) is 0 Å². The second kappa shape index (κ2) is 6.93. The van der Waals surface area contributed by atoms with Gasteiger partial charge in [0.05, 0.1) is 6.61 Å². The van der Waals surface area contributed by atoms with Crippen molar-refractivity contribution in [2.75, 3.05) is 19.7 Å². The fraction of sp³-hybridized carbons (Fsp3) is 0.357. The third-order valence-corrected chi connectivity index (χ3v) is 2.73.